The van der Waals surface area contributed by atoms with E-state index in [-0.39, 0.29) is 35.5 Å². The molecule has 3 rings (SSSR count). The summed E-state index contributed by atoms with van der Waals surface area (Å²) in [6, 6.07) is 5.13. The first-order chi connectivity index (χ1) is 13.8. The molecule has 1 atom stereocenters. The second kappa shape index (κ2) is 8.43. The number of hydrogen-bond donors (Lipinski definition) is 1. The summed E-state index contributed by atoms with van der Waals surface area (Å²) in [5, 5.41) is 3.08. The minimum atomic E-state index is -4.61. The number of nitrogens with one attached hydrogen (secondary N) is 1. The summed E-state index contributed by atoms with van der Waals surface area (Å²) in [5.41, 5.74) is 0.426. The number of dihydropyridines is 1. The maximum atomic E-state index is 13.7. The van der Waals surface area contributed by atoms with Gasteiger partial charge in [0.15, 0.2) is 5.78 Å². The lowest BCUT2D eigenvalue weighted by atomic mass is 9.74. The molecule has 0 saturated carbocycles. The highest BCUT2D eigenvalue weighted by Gasteiger charge is 2.43. The molecule has 7 heteroatoms. The van der Waals surface area contributed by atoms with Gasteiger partial charge in [-0.25, -0.2) is 4.79 Å². The second-order valence-electron chi connectivity index (χ2n) is 7.34. The molecule has 1 aromatic carbocycles. The van der Waals surface area contributed by atoms with Gasteiger partial charge in [-0.1, -0.05) is 31.5 Å². The zero-order chi connectivity index (χ0) is 21.2. The van der Waals surface area contributed by atoms with E-state index >= 15 is 0 Å². The Morgan fingerprint density at radius 3 is 2.66 bits per heavy atom. The Hall–Kier alpha value is -2.57. The summed E-state index contributed by atoms with van der Waals surface area (Å²) in [4.78, 5) is 25.6. The fraction of sp³-hybridized carbons (Fsp3) is 0.455. The van der Waals surface area contributed by atoms with Gasteiger partial charge in [0.05, 0.1) is 17.7 Å². The number of alkyl halides is 3. The molecule has 0 amide bonds. The van der Waals surface area contributed by atoms with Crippen molar-refractivity contribution in [2.75, 3.05) is 6.61 Å². The van der Waals surface area contributed by atoms with E-state index in [0.29, 0.717) is 30.7 Å². The predicted octanol–water partition coefficient (Wildman–Crippen LogP) is 5.02. The Labute approximate surface area is 167 Å². The fourth-order valence-corrected chi connectivity index (χ4v) is 3.96. The SMILES string of the molecule is CCCCOC(=O)C1=C(C)NC2=C(C(=O)CCC2)[C@@H]1c1ccccc1C(F)(F)F. The van der Waals surface area contributed by atoms with E-state index < -0.39 is 23.6 Å². The normalized spacial score (nSPS) is 19.8. The molecular formula is C22H24F3NO3. The molecule has 0 saturated heterocycles. The van der Waals surface area contributed by atoms with Crippen LogP contribution in [-0.2, 0) is 20.5 Å². The van der Waals surface area contributed by atoms with Crippen LogP contribution in [0.15, 0.2) is 46.8 Å². The molecule has 2 aliphatic rings. The molecule has 0 fully saturated rings. The lowest BCUT2D eigenvalue weighted by Gasteiger charge is -2.35. The highest BCUT2D eigenvalue weighted by Crippen LogP contribution is 2.46. The third-order valence-corrected chi connectivity index (χ3v) is 5.30. The average molecular weight is 407 g/mol. The molecule has 29 heavy (non-hydrogen) atoms. The number of ketones is 1. The molecule has 1 N–H and O–H groups in total. The average Bonchev–Trinajstić information content (AvgIpc) is 2.66. The first-order valence-electron chi connectivity index (χ1n) is 9.83. The largest absolute Gasteiger partial charge is 0.462 e. The van der Waals surface area contributed by atoms with Crippen LogP contribution >= 0.6 is 0 Å². The van der Waals surface area contributed by atoms with Crippen LogP contribution in [0.2, 0.25) is 0 Å². The van der Waals surface area contributed by atoms with Crippen LogP contribution in [0.3, 0.4) is 0 Å². The van der Waals surface area contributed by atoms with Crippen molar-refractivity contribution in [2.45, 2.75) is 58.0 Å². The van der Waals surface area contributed by atoms with Gasteiger partial charge in [0.25, 0.3) is 0 Å². The van der Waals surface area contributed by atoms with Crippen molar-refractivity contribution in [2.24, 2.45) is 0 Å². The zero-order valence-electron chi connectivity index (χ0n) is 16.5. The highest BCUT2D eigenvalue weighted by molar-refractivity contribution is 6.03. The third-order valence-electron chi connectivity index (χ3n) is 5.30. The van der Waals surface area contributed by atoms with Gasteiger partial charge in [-0.2, -0.15) is 13.2 Å². The molecule has 4 nitrogen and oxygen atoms in total. The van der Waals surface area contributed by atoms with Gasteiger partial charge < -0.3 is 10.1 Å². The first-order valence-corrected chi connectivity index (χ1v) is 9.83. The van der Waals surface area contributed by atoms with Gasteiger partial charge in [-0.15, -0.1) is 0 Å². The number of esters is 1. The molecule has 0 aromatic heterocycles. The van der Waals surface area contributed by atoms with E-state index in [1.807, 2.05) is 6.92 Å². The van der Waals surface area contributed by atoms with Crippen molar-refractivity contribution in [1.82, 2.24) is 5.32 Å². The number of Topliss-reactive ketones (excluding diaryl/α,β-unsaturated/α-hetero) is 1. The topological polar surface area (TPSA) is 55.4 Å². The van der Waals surface area contributed by atoms with Gasteiger partial charge in [0, 0.05) is 29.3 Å². The van der Waals surface area contributed by atoms with E-state index in [1.165, 1.54) is 18.2 Å². The smallest absolute Gasteiger partial charge is 0.416 e. The van der Waals surface area contributed by atoms with E-state index in [9.17, 15) is 22.8 Å². The molecule has 1 aromatic rings. The quantitative estimate of drug-likeness (QED) is 0.550. The van der Waals surface area contributed by atoms with Crippen LogP contribution in [0, 0.1) is 0 Å². The molecule has 1 heterocycles. The van der Waals surface area contributed by atoms with Gasteiger partial charge >= 0.3 is 12.1 Å². The minimum Gasteiger partial charge on any atom is -0.462 e. The number of halogens is 3. The highest BCUT2D eigenvalue weighted by atomic mass is 19.4. The number of unbranched alkanes of at least 4 members (excludes halogenated alkanes) is 1. The van der Waals surface area contributed by atoms with E-state index in [1.54, 1.807) is 6.92 Å². The Bertz CT molecular complexity index is 884. The van der Waals surface area contributed by atoms with Crippen molar-refractivity contribution in [3.63, 3.8) is 0 Å². The fourth-order valence-electron chi connectivity index (χ4n) is 3.96. The number of rotatable bonds is 5. The van der Waals surface area contributed by atoms with Crippen molar-refractivity contribution >= 4 is 11.8 Å². The number of allylic oxidation sites excluding steroid dienone is 3. The van der Waals surface area contributed by atoms with Gasteiger partial charge in [-0.05, 0) is 37.8 Å². The maximum Gasteiger partial charge on any atom is 0.416 e. The molecule has 1 aliphatic heterocycles. The summed E-state index contributed by atoms with van der Waals surface area (Å²) in [7, 11) is 0. The summed E-state index contributed by atoms with van der Waals surface area (Å²) in [6.45, 7) is 3.77. The predicted molar refractivity (Wildman–Crippen MR) is 102 cm³/mol. The number of carbonyl (C=O) groups is 2. The molecule has 1 aliphatic carbocycles. The van der Waals surface area contributed by atoms with Crippen LogP contribution in [0.1, 0.15) is 63.0 Å². The summed E-state index contributed by atoms with van der Waals surface area (Å²) in [6.07, 6.45) is -1.70. The lowest BCUT2D eigenvalue weighted by molar-refractivity contribution is -0.141. The van der Waals surface area contributed by atoms with Gasteiger partial charge in [-0.3, -0.25) is 4.79 Å². The number of hydrogen-bond acceptors (Lipinski definition) is 4. The van der Waals surface area contributed by atoms with Crippen molar-refractivity contribution < 1.29 is 27.5 Å². The first kappa shape index (κ1) is 21.1. The number of carbonyl (C=O) groups excluding carboxylic acids is 2. The standard InChI is InChI=1S/C22H24F3NO3/c1-3-4-12-29-21(28)18-13(2)26-16-10-7-11-17(27)20(16)19(18)14-8-5-6-9-15(14)22(23,24)25/h5-6,8-9,19,26H,3-4,7,10-12H2,1-2H3/t19-/m1/s1. The molecular weight excluding hydrogens is 383 g/mol. The Morgan fingerprint density at radius 2 is 1.97 bits per heavy atom. The molecule has 156 valence electrons. The van der Waals surface area contributed by atoms with E-state index in [2.05, 4.69) is 5.32 Å². The van der Waals surface area contributed by atoms with Crippen molar-refractivity contribution in [3.05, 3.63) is 57.9 Å². The minimum absolute atomic E-state index is 0.0757. The summed E-state index contributed by atoms with van der Waals surface area (Å²) >= 11 is 0. The van der Waals surface area contributed by atoms with E-state index in [4.69, 9.17) is 4.74 Å². The molecule has 0 bridgehead atoms. The van der Waals surface area contributed by atoms with Gasteiger partial charge in [0.1, 0.15) is 0 Å². The van der Waals surface area contributed by atoms with Crippen LogP contribution in [0.25, 0.3) is 0 Å². The Morgan fingerprint density at radius 1 is 1.24 bits per heavy atom. The molecule has 0 unspecified atom stereocenters. The van der Waals surface area contributed by atoms with Crippen LogP contribution in [0.5, 0.6) is 0 Å². The number of benzene rings is 1. The van der Waals surface area contributed by atoms with Crippen LogP contribution < -0.4 is 5.32 Å². The number of ether oxygens (including phenoxy) is 1. The Balaban J connectivity index is 2.16. The third kappa shape index (κ3) is 4.23. The van der Waals surface area contributed by atoms with Crippen molar-refractivity contribution in [1.29, 1.82) is 0 Å². The second-order valence-corrected chi connectivity index (χ2v) is 7.34. The monoisotopic (exact) mass is 407 g/mol. The zero-order valence-corrected chi connectivity index (χ0v) is 16.5. The summed E-state index contributed by atoms with van der Waals surface area (Å²) < 4.78 is 46.6. The molecule has 0 spiro atoms. The lowest BCUT2D eigenvalue weighted by Crippen LogP contribution is -2.35. The summed E-state index contributed by atoms with van der Waals surface area (Å²) in [5.74, 6) is -2.01. The van der Waals surface area contributed by atoms with Crippen LogP contribution in [-0.4, -0.2) is 18.4 Å². The Kier molecular flexibility index (Phi) is 6.15. The van der Waals surface area contributed by atoms with Gasteiger partial charge in [0.2, 0.25) is 0 Å². The van der Waals surface area contributed by atoms with Crippen LogP contribution in [0.4, 0.5) is 13.2 Å². The maximum absolute atomic E-state index is 13.7. The van der Waals surface area contributed by atoms with Crippen molar-refractivity contribution in [3.8, 4) is 0 Å². The van der Waals surface area contributed by atoms with E-state index in [0.717, 1.165) is 12.5 Å². The molecule has 0 radical (unpaired) electrons.